The minimum Gasteiger partial charge on any atom is -0.504 e. The zero-order chi connectivity index (χ0) is 19.8. The van der Waals surface area contributed by atoms with Crippen molar-refractivity contribution in [3.8, 4) is 17.2 Å². The van der Waals surface area contributed by atoms with E-state index < -0.39 is 0 Å². The van der Waals surface area contributed by atoms with Crippen LogP contribution in [0.1, 0.15) is 11.1 Å². The zero-order valence-corrected chi connectivity index (χ0v) is 16.6. The Bertz CT molecular complexity index is 978. The van der Waals surface area contributed by atoms with Gasteiger partial charge in [0.1, 0.15) is 12.4 Å². The van der Waals surface area contributed by atoms with Gasteiger partial charge >= 0.3 is 0 Å². The molecule has 1 heterocycles. The molecule has 1 aromatic heterocycles. The van der Waals surface area contributed by atoms with Gasteiger partial charge < -0.3 is 19.9 Å². The summed E-state index contributed by atoms with van der Waals surface area (Å²) in [5.41, 5.74) is 2.29. The van der Waals surface area contributed by atoms with Crippen LogP contribution in [-0.4, -0.2) is 23.1 Å². The van der Waals surface area contributed by atoms with Crippen LogP contribution in [0.2, 0.25) is 0 Å². The molecule has 0 aliphatic carbocycles. The number of methoxy groups -OCH3 is 1. The Morgan fingerprint density at radius 1 is 1.14 bits per heavy atom. The van der Waals surface area contributed by atoms with Gasteiger partial charge in [-0.05, 0) is 53.6 Å². The highest BCUT2D eigenvalue weighted by molar-refractivity contribution is 6.02. The van der Waals surface area contributed by atoms with Crippen molar-refractivity contribution in [2.45, 2.75) is 6.61 Å². The summed E-state index contributed by atoms with van der Waals surface area (Å²) >= 11 is 0. The summed E-state index contributed by atoms with van der Waals surface area (Å²) in [7, 11) is 1.48. The number of nitrogens with one attached hydrogen (secondary N) is 1. The van der Waals surface area contributed by atoms with E-state index in [4.69, 9.17) is 9.47 Å². The fourth-order valence-electron chi connectivity index (χ4n) is 2.51. The summed E-state index contributed by atoms with van der Waals surface area (Å²) in [6.45, 7) is 0.384. The van der Waals surface area contributed by atoms with E-state index in [1.54, 1.807) is 48.8 Å². The molecule has 0 radical (unpaired) electrons. The quantitative estimate of drug-likeness (QED) is 0.560. The van der Waals surface area contributed by atoms with Crippen LogP contribution >= 0.6 is 12.4 Å². The minimum atomic E-state index is -0.275. The zero-order valence-electron chi connectivity index (χ0n) is 15.7. The van der Waals surface area contributed by atoms with Crippen LogP contribution < -0.4 is 14.8 Å². The number of carbonyl (C=O) groups excluding carboxylic acids is 1. The van der Waals surface area contributed by atoms with E-state index >= 15 is 0 Å². The largest absolute Gasteiger partial charge is 0.504 e. The van der Waals surface area contributed by atoms with Gasteiger partial charge in [-0.15, -0.1) is 12.4 Å². The SMILES string of the molecule is COc1ccc(C=CC(=O)Nc2cccc(COc3ccncc3)c2)cc1O.Cl. The molecule has 1 amide bonds. The van der Waals surface area contributed by atoms with Gasteiger partial charge in [0.05, 0.1) is 7.11 Å². The average molecular weight is 413 g/mol. The maximum atomic E-state index is 12.2. The molecule has 0 unspecified atom stereocenters. The molecule has 7 heteroatoms. The standard InChI is InChI=1S/C22H20N2O4.ClH/c1-27-21-7-5-16(14-20(21)25)6-8-22(26)24-18-4-2-3-17(13-18)15-28-19-9-11-23-12-10-19;/h2-14,25H,15H2,1H3,(H,24,26);1H. The molecular weight excluding hydrogens is 392 g/mol. The van der Waals surface area contributed by atoms with Crippen LogP contribution in [-0.2, 0) is 11.4 Å². The highest BCUT2D eigenvalue weighted by atomic mass is 35.5. The molecule has 3 aromatic rings. The Labute approximate surface area is 175 Å². The van der Waals surface area contributed by atoms with Crippen LogP contribution in [0.25, 0.3) is 6.08 Å². The Hall–Kier alpha value is -3.51. The van der Waals surface area contributed by atoms with E-state index in [1.807, 2.05) is 18.2 Å². The molecule has 0 atom stereocenters. The van der Waals surface area contributed by atoms with Crippen molar-refractivity contribution < 1.29 is 19.4 Å². The van der Waals surface area contributed by atoms with Gasteiger partial charge in [0.2, 0.25) is 5.91 Å². The third-order valence-electron chi connectivity index (χ3n) is 3.88. The maximum absolute atomic E-state index is 12.2. The average Bonchev–Trinajstić information content (AvgIpc) is 2.72. The van der Waals surface area contributed by atoms with Crippen molar-refractivity contribution >= 4 is 30.1 Å². The third-order valence-corrected chi connectivity index (χ3v) is 3.88. The molecule has 2 aromatic carbocycles. The minimum absolute atomic E-state index is 0. The number of carbonyl (C=O) groups is 1. The number of ether oxygens (including phenoxy) is 2. The fourth-order valence-corrected chi connectivity index (χ4v) is 2.51. The Morgan fingerprint density at radius 3 is 2.66 bits per heavy atom. The first-order chi connectivity index (χ1) is 13.6. The number of amides is 1. The predicted molar refractivity (Wildman–Crippen MR) is 115 cm³/mol. The van der Waals surface area contributed by atoms with E-state index in [0.717, 1.165) is 11.3 Å². The number of rotatable bonds is 7. The van der Waals surface area contributed by atoms with Gasteiger partial charge in [0.15, 0.2) is 11.5 Å². The number of anilines is 1. The van der Waals surface area contributed by atoms with Crippen LogP contribution in [0.3, 0.4) is 0 Å². The number of hydrogen-bond donors (Lipinski definition) is 2. The number of halogens is 1. The molecule has 0 spiro atoms. The topological polar surface area (TPSA) is 80.7 Å². The van der Waals surface area contributed by atoms with Gasteiger partial charge in [-0.25, -0.2) is 0 Å². The van der Waals surface area contributed by atoms with Crippen LogP contribution in [0.4, 0.5) is 5.69 Å². The van der Waals surface area contributed by atoms with Crippen LogP contribution in [0, 0.1) is 0 Å². The molecular formula is C22H21ClN2O4. The van der Waals surface area contributed by atoms with Gasteiger partial charge in [0, 0.05) is 24.2 Å². The molecule has 29 heavy (non-hydrogen) atoms. The Kier molecular flexibility index (Phi) is 8.06. The van der Waals surface area contributed by atoms with E-state index in [2.05, 4.69) is 10.3 Å². The number of hydrogen-bond acceptors (Lipinski definition) is 5. The van der Waals surface area contributed by atoms with Gasteiger partial charge in [-0.1, -0.05) is 18.2 Å². The van der Waals surface area contributed by atoms with Crippen molar-refractivity contribution in [3.63, 3.8) is 0 Å². The highest BCUT2D eigenvalue weighted by Gasteiger charge is 2.03. The van der Waals surface area contributed by atoms with Crippen molar-refractivity contribution in [1.82, 2.24) is 4.98 Å². The highest BCUT2D eigenvalue weighted by Crippen LogP contribution is 2.26. The van der Waals surface area contributed by atoms with Crippen LogP contribution in [0.15, 0.2) is 73.1 Å². The first kappa shape index (κ1) is 21.8. The smallest absolute Gasteiger partial charge is 0.248 e. The van der Waals surface area contributed by atoms with E-state index in [0.29, 0.717) is 23.6 Å². The fraction of sp³-hybridized carbons (Fsp3) is 0.0909. The van der Waals surface area contributed by atoms with Gasteiger partial charge in [-0.3, -0.25) is 9.78 Å². The number of phenolic OH excluding ortho intramolecular Hbond substituents is 1. The van der Waals surface area contributed by atoms with E-state index in [1.165, 1.54) is 19.3 Å². The summed E-state index contributed by atoms with van der Waals surface area (Å²) in [6, 6.07) is 15.9. The molecule has 150 valence electrons. The van der Waals surface area contributed by atoms with Crippen molar-refractivity contribution in [3.05, 3.63) is 84.2 Å². The number of benzene rings is 2. The van der Waals surface area contributed by atoms with Gasteiger partial charge in [-0.2, -0.15) is 0 Å². The van der Waals surface area contributed by atoms with E-state index in [9.17, 15) is 9.90 Å². The normalized spacial score (nSPS) is 10.2. The molecule has 2 N–H and O–H groups in total. The van der Waals surface area contributed by atoms with Crippen LogP contribution in [0.5, 0.6) is 17.2 Å². The summed E-state index contributed by atoms with van der Waals surface area (Å²) in [4.78, 5) is 16.1. The molecule has 0 aliphatic rings. The lowest BCUT2D eigenvalue weighted by Crippen LogP contribution is -2.08. The second kappa shape index (κ2) is 10.7. The first-order valence-corrected chi connectivity index (χ1v) is 8.62. The number of pyridine rings is 1. The van der Waals surface area contributed by atoms with Gasteiger partial charge in [0.25, 0.3) is 0 Å². The van der Waals surface area contributed by atoms with Crippen molar-refractivity contribution in [2.24, 2.45) is 0 Å². The molecule has 0 saturated heterocycles. The summed E-state index contributed by atoms with van der Waals surface area (Å²) in [5.74, 6) is 0.858. The summed E-state index contributed by atoms with van der Waals surface area (Å²) < 4.78 is 10.7. The van der Waals surface area contributed by atoms with E-state index in [-0.39, 0.29) is 24.1 Å². The second-order valence-electron chi connectivity index (χ2n) is 5.93. The Morgan fingerprint density at radius 2 is 1.93 bits per heavy atom. The predicted octanol–water partition coefficient (Wildman–Crippen LogP) is 4.45. The lowest BCUT2D eigenvalue weighted by Gasteiger charge is -2.08. The third kappa shape index (κ3) is 6.55. The first-order valence-electron chi connectivity index (χ1n) is 8.62. The monoisotopic (exact) mass is 412 g/mol. The molecule has 6 nitrogen and oxygen atoms in total. The number of aromatic hydroxyl groups is 1. The lowest BCUT2D eigenvalue weighted by molar-refractivity contribution is -0.111. The molecule has 0 aliphatic heterocycles. The van der Waals surface area contributed by atoms with Crippen molar-refractivity contribution in [1.29, 1.82) is 0 Å². The Balaban J connectivity index is 0.00000300. The molecule has 0 bridgehead atoms. The van der Waals surface area contributed by atoms with Crippen molar-refractivity contribution in [2.75, 3.05) is 12.4 Å². The molecule has 0 saturated carbocycles. The molecule has 0 fully saturated rings. The summed E-state index contributed by atoms with van der Waals surface area (Å²) in [5, 5.41) is 12.6. The molecule has 3 rings (SSSR count). The number of aromatic nitrogens is 1. The lowest BCUT2D eigenvalue weighted by atomic mass is 10.2. The summed E-state index contributed by atoms with van der Waals surface area (Å²) in [6.07, 6.45) is 6.36. The maximum Gasteiger partial charge on any atom is 0.248 e. The second-order valence-corrected chi connectivity index (χ2v) is 5.93. The number of nitrogens with zero attached hydrogens (tertiary/aromatic N) is 1. The number of phenols is 1.